The SMILES string of the molecule is Cc1ccc2c(n1)oc1c(-c3cc4c5c(sc4cn3)C(C)(C)CCC5(C)C)[c-]ccc12.[Ir].[c-]1ccccc1-c1ccccn1. The van der Waals surface area contributed by atoms with Crippen molar-refractivity contribution in [1.82, 2.24) is 15.0 Å². The van der Waals surface area contributed by atoms with E-state index in [1.165, 1.54) is 33.4 Å². The Morgan fingerprint density at radius 3 is 2.39 bits per heavy atom. The van der Waals surface area contributed by atoms with Gasteiger partial charge in [-0.1, -0.05) is 56.8 Å². The maximum Gasteiger partial charge on any atom is 0.216 e. The molecule has 7 aromatic rings. The molecular weight excluding hydrogens is 739 g/mol. The van der Waals surface area contributed by atoms with Crippen molar-refractivity contribution in [1.29, 1.82) is 0 Å². The Morgan fingerprint density at radius 1 is 0.795 bits per heavy atom. The molecule has 8 rings (SSSR count). The normalized spacial score (nSPS) is 14.9. The third kappa shape index (κ3) is 5.40. The molecule has 4 nitrogen and oxygen atoms in total. The van der Waals surface area contributed by atoms with Crippen LogP contribution in [0.2, 0.25) is 0 Å². The van der Waals surface area contributed by atoms with Crippen LogP contribution in [0, 0.1) is 19.1 Å². The number of hydrogen-bond donors (Lipinski definition) is 0. The number of furan rings is 1. The average molecular weight is 772 g/mol. The molecule has 5 aromatic heterocycles. The number of rotatable bonds is 2. The first-order valence-electron chi connectivity index (χ1n) is 14.7. The molecule has 0 saturated heterocycles. The van der Waals surface area contributed by atoms with Crippen molar-refractivity contribution >= 4 is 43.5 Å². The second-order valence-corrected chi connectivity index (χ2v) is 13.7. The Balaban J connectivity index is 0.000000222. The van der Waals surface area contributed by atoms with Gasteiger partial charge in [-0.15, -0.1) is 65.4 Å². The molecule has 0 atom stereocenters. The molecule has 1 aliphatic carbocycles. The maximum atomic E-state index is 6.22. The van der Waals surface area contributed by atoms with Gasteiger partial charge < -0.3 is 14.4 Å². The van der Waals surface area contributed by atoms with Crippen molar-refractivity contribution in [3.63, 3.8) is 0 Å². The van der Waals surface area contributed by atoms with Crippen molar-refractivity contribution in [2.24, 2.45) is 0 Å². The Labute approximate surface area is 276 Å². The van der Waals surface area contributed by atoms with E-state index in [9.17, 15) is 0 Å². The number of pyridine rings is 3. The summed E-state index contributed by atoms with van der Waals surface area (Å²) in [5, 5.41) is 3.43. The monoisotopic (exact) mass is 772 g/mol. The number of benzene rings is 2. The van der Waals surface area contributed by atoms with E-state index in [4.69, 9.17) is 9.40 Å². The third-order valence-electron chi connectivity index (χ3n) is 8.59. The molecule has 223 valence electrons. The van der Waals surface area contributed by atoms with E-state index in [0.29, 0.717) is 5.71 Å². The Hall–Kier alpha value is -3.70. The van der Waals surface area contributed by atoms with Crippen LogP contribution in [-0.4, -0.2) is 15.0 Å². The first-order chi connectivity index (χ1) is 20.7. The molecule has 0 fully saturated rings. The van der Waals surface area contributed by atoms with Crippen LogP contribution in [0.4, 0.5) is 0 Å². The van der Waals surface area contributed by atoms with Gasteiger partial charge in [-0.25, -0.2) is 4.98 Å². The minimum absolute atomic E-state index is 0. The predicted octanol–water partition coefficient (Wildman–Crippen LogP) is 10.3. The molecule has 0 spiro atoms. The van der Waals surface area contributed by atoms with Crippen LogP contribution in [0.15, 0.2) is 89.6 Å². The summed E-state index contributed by atoms with van der Waals surface area (Å²) in [6.07, 6.45) is 6.25. The summed E-state index contributed by atoms with van der Waals surface area (Å²) in [7, 11) is 0. The largest absolute Gasteiger partial charge is 0.486 e. The Bertz CT molecular complexity index is 2060. The number of nitrogens with zero attached hydrogens (tertiary/aromatic N) is 3. The van der Waals surface area contributed by atoms with Gasteiger partial charge >= 0.3 is 0 Å². The van der Waals surface area contributed by atoms with Gasteiger partial charge in [0.15, 0.2) is 0 Å². The summed E-state index contributed by atoms with van der Waals surface area (Å²) in [4.78, 5) is 15.2. The molecule has 0 saturated carbocycles. The molecule has 2 aromatic carbocycles. The molecule has 0 amide bonds. The van der Waals surface area contributed by atoms with Gasteiger partial charge in [-0.3, -0.25) is 0 Å². The number of aromatic nitrogens is 3. The molecule has 1 aliphatic rings. The molecule has 0 N–H and O–H groups in total. The zero-order valence-electron chi connectivity index (χ0n) is 25.5. The molecule has 0 bridgehead atoms. The second-order valence-electron chi connectivity index (χ2n) is 12.6. The van der Waals surface area contributed by atoms with E-state index >= 15 is 0 Å². The van der Waals surface area contributed by atoms with Crippen molar-refractivity contribution in [2.75, 3.05) is 0 Å². The molecule has 44 heavy (non-hydrogen) atoms. The van der Waals surface area contributed by atoms with E-state index in [2.05, 4.69) is 68.0 Å². The van der Waals surface area contributed by atoms with Crippen LogP contribution in [-0.2, 0) is 30.9 Å². The van der Waals surface area contributed by atoms with Crippen molar-refractivity contribution in [3.05, 3.63) is 113 Å². The van der Waals surface area contributed by atoms with Crippen LogP contribution < -0.4 is 0 Å². The molecule has 0 aliphatic heterocycles. The summed E-state index contributed by atoms with van der Waals surface area (Å²) in [5.41, 5.74) is 8.14. The quantitative estimate of drug-likeness (QED) is 0.164. The molecule has 5 heterocycles. The summed E-state index contributed by atoms with van der Waals surface area (Å²) < 4.78 is 7.49. The average Bonchev–Trinajstić information content (AvgIpc) is 3.60. The van der Waals surface area contributed by atoms with E-state index < -0.39 is 0 Å². The zero-order chi connectivity index (χ0) is 29.8. The number of fused-ring (bicyclic) bond motifs is 6. The Kier molecular flexibility index (Phi) is 8.04. The van der Waals surface area contributed by atoms with E-state index in [-0.39, 0.29) is 30.9 Å². The number of thiophene rings is 1. The van der Waals surface area contributed by atoms with Gasteiger partial charge in [-0.2, -0.15) is 0 Å². The van der Waals surface area contributed by atoms with Gasteiger partial charge in [0.2, 0.25) is 5.71 Å². The fourth-order valence-electron chi connectivity index (χ4n) is 6.13. The topological polar surface area (TPSA) is 51.8 Å². The summed E-state index contributed by atoms with van der Waals surface area (Å²) in [5.74, 6) is 0. The fraction of sp³-hybridized carbons (Fsp3) is 0.237. The van der Waals surface area contributed by atoms with Crippen LogP contribution in [0.1, 0.15) is 56.7 Å². The van der Waals surface area contributed by atoms with Crippen molar-refractivity contribution < 1.29 is 24.5 Å². The molecule has 1 radical (unpaired) electrons. The van der Waals surface area contributed by atoms with E-state index in [0.717, 1.165) is 44.6 Å². The minimum Gasteiger partial charge on any atom is -0.486 e. The first kappa shape index (κ1) is 30.3. The Morgan fingerprint density at radius 2 is 1.61 bits per heavy atom. The van der Waals surface area contributed by atoms with Crippen LogP contribution in [0.25, 0.3) is 54.7 Å². The third-order valence-corrected chi connectivity index (χ3v) is 10.1. The summed E-state index contributed by atoms with van der Waals surface area (Å²) in [6.45, 7) is 11.5. The second kappa shape index (κ2) is 11.7. The van der Waals surface area contributed by atoms with Gasteiger partial charge in [-0.05, 0) is 71.1 Å². The summed E-state index contributed by atoms with van der Waals surface area (Å²) in [6, 6.07) is 30.6. The molecular formula is C38H33IrN3OS-2. The van der Waals surface area contributed by atoms with Crippen LogP contribution >= 0.6 is 11.3 Å². The van der Waals surface area contributed by atoms with Crippen LogP contribution in [0.5, 0.6) is 0 Å². The maximum absolute atomic E-state index is 6.22. The van der Waals surface area contributed by atoms with Gasteiger partial charge in [0.05, 0.1) is 10.3 Å². The van der Waals surface area contributed by atoms with Gasteiger partial charge in [0.1, 0.15) is 0 Å². The smallest absolute Gasteiger partial charge is 0.216 e. The van der Waals surface area contributed by atoms with Crippen molar-refractivity contribution in [3.8, 4) is 22.5 Å². The van der Waals surface area contributed by atoms with E-state index in [1.54, 1.807) is 6.20 Å². The predicted molar refractivity (Wildman–Crippen MR) is 177 cm³/mol. The minimum atomic E-state index is 0. The zero-order valence-corrected chi connectivity index (χ0v) is 28.7. The standard InChI is InChI=1S/C27H25N2OS.C11H8N.Ir/c1-15-9-10-17-16-7-6-8-18(23(16)30-25(17)29-15)20-13-19-21(14-28-20)31-24-22(19)26(2,3)11-12-27(24,4)5;1-2-6-10(7-3-1)11-8-4-5-9-12-11;/h6-7,9-10,13-14H,11-12H2,1-5H3;1-6,8-9H;/q2*-1;. The van der Waals surface area contributed by atoms with Crippen LogP contribution in [0.3, 0.4) is 0 Å². The van der Waals surface area contributed by atoms with E-state index in [1.807, 2.05) is 79.1 Å². The number of aryl methyl sites for hydroxylation is 1. The fourth-order valence-corrected chi connectivity index (χ4v) is 7.59. The van der Waals surface area contributed by atoms with Gasteiger partial charge in [0, 0.05) is 48.5 Å². The van der Waals surface area contributed by atoms with Gasteiger partial charge in [0.25, 0.3) is 0 Å². The molecule has 0 unspecified atom stereocenters. The first-order valence-corrected chi connectivity index (χ1v) is 15.6. The molecule has 6 heteroatoms. The van der Waals surface area contributed by atoms with Crippen molar-refractivity contribution in [2.45, 2.75) is 58.3 Å². The summed E-state index contributed by atoms with van der Waals surface area (Å²) >= 11 is 1.92. The number of hydrogen-bond acceptors (Lipinski definition) is 5.